The lowest BCUT2D eigenvalue weighted by atomic mass is 10.0. The lowest BCUT2D eigenvalue weighted by molar-refractivity contribution is -0.0435. The first-order chi connectivity index (χ1) is 13.6. The second-order valence-corrected chi connectivity index (χ2v) is 8.55. The van der Waals surface area contributed by atoms with Gasteiger partial charge in [-0.2, -0.15) is 13.2 Å². The van der Waals surface area contributed by atoms with Crippen molar-refractivity contribution in [1.82, 2.24) is 4.90 Å². The van der Waals surface area contributed by atoms with Crippen molar-refractivity contribution in [3.05, 3.63) is 59.9 Å². The number of halogens is 4. The molecule has 0 aromatic heterocycles. The van der Waals surface area contributed by atoms with E-state index in [0.717, 1.165) is 6.07 Å². The predicted octanol–water partition coefficient (Wildman–Crippen LogP) is 3.84. The monoisotopic (exact) mass is 430 g/mol. The Balaban J connectivity index is 1.70. The van der Waals surface area contributed by atoms with E-state index >= 15 is 0 Å². The molecule has 0 unspecified atom stereocenters. The van der Waals surface area contributed by atoms with E-state index in [4.69, 9.17) is 0 Å². The van der Waals surface area contributed by atoms with Gasteiger partial charge in [0, 0.05) is 19.1 Å². The van der Waals surface area contributed by atoms with Crippen molar-refractivity contribution < 1.29 is 30.8 Å². The zero-order chi connectivity index (χ0) is 21.2. The molecule has 0 saturated carbocycles. The number of likely N-dealkylation sites (tertiary alicyclic amines) is 1. The lowest BCUT2D eigenvalue weighted by Gasteiger charge is -2.33. The molecule has 2 aromatic carbocycles. The highest BCUT2D eigenvalue weighted by Gasteiger charge is 2.48. The van der Waals surface area contributed by atoms with Crippen molar-refractivity contribution in [3.63, 3.8) is 0 Å². The second-order valence-electron chi connectivity index (χ2n) is 6.64. The van der Waals surface area contributed by atoms with Crippen molar-refractivity contribution in [2.24, 2.45) is 0 Å². The molecule has 1 saturated heterocycles. The van der Waals surface area contributed by atoms with Crippen molar-refractivity contribution >= 4 is 21.4 Å². The fraction of sp³-hybridized carbons (Fsp3) is 0.316. The summed E-state index contributed by atoms with van der Waals surface area (Å²) in [6.07, 6.45) is 0.751. The Morgan fingerprint density at radius 3 is 2.21 bits per heavy atom. The molecule has 1 aliphatic heterocycles. The number of rotatable bonds is 4. The van der Waals surface area contributed by atoms with Gasteiger partial charge < -0.3 is 10.2 Å². The summed E-state index contributed by atoms with van der Waals surface area (Å²) >= 11 is 0. The molecule has 0 spiro atoms. The molecule has 156 valence electrons. The molecule has 0 radical (unpaired) electrons. The third kappa shape index (κ3) is 4.36. The summed E-state index contributed by atoms with van der Waals surface area (Å²) in [7, 11) is -5.49. The second kappa shape index (κ2) is 8.02. The average molecular weight is 430 g/mol. The number of benzene rings is 2. The van der Waals surface area contributed by atoms with E-state index in [1.165, 1.54) is 41.3 Å². The Bertz CT molecular complexity index is 1000. The van der Waals surface area contributed by atoms with Crippen LogP contribution in [0.25, 0.3) is 0 Å². The summed E-state index contributed by atoms with van der Waals surface area (Å²) in [4.78, 5) is 13.1. The molecule has 1 fully saturated rings. The van der Waals surface area contributed by atoms with E-state index in [1.807, 2.05) is 0 Å². The summed E-state index contributed by atoms with van der Waals surface area (Å²) in [5, 5.41) is 2.85. The van der Waals surface area contributed by atoms with E-state index in [0.29, 0.717) is 12.8 Å². The van der Waals surface area contributed by atoms with Crippen LogP contribution in [0.4, 0.5) is 23.2 Å². The standard InChI is InChI=1S/C19H18F4N2O3S/c20-15-6-2-1-5-14(15)18(26)25-11-9-13(10-12-25)24-16-7-3-4-8-17(16)29(27,28)19(21,22)23/h1-8,13,24H,9-12H2. The van der Waals surface area contributed by atoms with E-state index < -0.39 is 32.0 Å². The normalized spacial score (nSPS) is 15.9. The van der Waals surface area contributed by atoms with Gasteiger partial charge in [0.2, 0.25) is 0 Å². The molecule has 1 amide bonds. The number of hydrogen-bond donors (Lipinski definition) is 1. The molecule has 1 heterocycles. The Morgan fingerprint density at radius 2 is 1.59 bits per heavy atom. The van der Waals surface area contributed by atoms with Gasteiger partial charge in [0.15, 0.2) is 0 Å². The Hall–Kier alpha value is -2.62. The van der Waals surface area contributed by atoms with Gasteiger partial charge in [-0.25, -0.2) is 12.8 Å². The number of nitrogens with one attached hydrogen (secondary N) is 1. The van der Waals surface area contributed by atoms with Crippen LogP contribution >= 0.6 is 0 Å². The minimum Gasteiger partial charge on any atom is -0.381 e. The number of alkyl halides is 3. The number of sulfone groups is 1. The molecule has 2 aromatic rings. The summed E-state index contributed by atoms with van der Waals surface area (Å²) in [5.74, 6) is -1.08. The maximum atomic E-state index is 13.8. The number of hydrogen-bond acceptors (Lipinski definition) is 4. The molecule has 29 heavy (non-hydrogen) atoms. The first-order valence-corrected chi connectivity index (χ1v) is 10.3. The highest BCUT2D eigenvalue weighted by atomic mass is 32.2. The number of anilines is 1. The fourth-order valence-electron chi connectivity index (χ4n) is 3.20. The third-order valence-corrected chi connectivity index (χ3v) is 6.27. The van der Waals surface area contributed by atoms with Crippen molar-refractivity contribution in [2.45, 2.75) is 29.3 Å². The highest BCUT2D eigenvalue weighted by molar-refractivity contribution is 7.92. The molecule has 1 N–H and O–H groups in total. The quantitative estimate of drug-likeness (QED) is 0.749. The van der Waals surface area contributed by atoms with Crippen LogP contribution in [0.1, 0.15) is 23.2 Å². The zero-order valence-electron chi connectivity index (χ0n) is 15.1. The van der Waals surface area contributed by atoms with Crippen LogP contribution in [0.15, 0.2) is 53.4 Å². The van der Waals surface area contributed by atoms with E-state index in [1.54, 1.807) is 6.07 Å². The van der Waals surface area contributed by atoms with Crippen LogP contribution in [0.5, 0.6) is 0 Å². The Morgan fingerprint density at radius 1 is 1.00 bits per heavy atom. The third-order valence-electron chi connectivity index (χ3n) is 4.73. The molecule has 0 bridgehead atoms. The molecule has 0 atom stereocenters. The van der Waals surface area contributed by atoms with Gasteiger partial charge in [-0.15, -0.1) is 0 Å². The van der Waals surface area contributed by atoms with Gasteiger partial charge in [-0.05, 0) is 37.1 Å². The van der Waals surface area contributed by atoms with Crippen molar-refractivity contribution in [2.75, 3.05) is 18.4 Å². The summed E-state index contributed by atoms with van der Waals surface area (Å²) < 4.78 is 76.2. The van der Waals surface area contributed by atoms with Crippen LogP contribution in [0, 0.1) is 5.82 Å². The smallest absolute Gasteiger partial charge is 0.381 e. The first-order valence-electron chi connectivity index (χ1n) is 8.82. The molecule has 0 aliphatic carbocycles. The predicted molar refractivity (Wildman–Crippen MR) is 98.6 cm³/mol. The van der Waals surface area contributed by atoms with Gasteiger partial charge in [-0.3, -0.25) is 4.79 Å². The molecule has 5 nitrogen and oxygen atoms in total. The van der Waals surface area contributed by atoms with E-state index in [-0.39, 0.29) is 30.4 Å². The number of amides is 1. The summed E-state index contributed by atoms with van der Waals surface area (Å²) in [6, 6.07) is 10.1. The average Bonchev–Trinajstić information content (AvgIpc) is 2.68. The highest BCUT2D eigenvalue weighted by Crippen LogP contribution is 2.35. The van der Waals surface area contributed by atoms with Gasteiger partial charge in [0.05, 0.1) is 16.1 Å². The van der Waals surface area contributed by atoms with Gasteiger partial charge in [0.25, 0.3) is 15.7 Å². The number of piperidine rings is 1. The van der Waals surface area contributed by atoms with E-state index in [2.05, 4.69) is 5.32 Å². The van der Waals surface area contributed by atoms with Crippen LogP contribution in [-0.2, 0) is 9.84 Å². The zero-order valence-corrected chi connectivity index (χ0v) is 15.9. The maximum absolute atomic E-state index is 13.8. The largest absolute Gasteiger partial charge is 0.501 e. The van der Waals surface area contributed by atoms with E-state index in [9.17, 15) is 30.8 Å². The van der Waals surface area contributed by atoms with Gasteiger partial charge in [0.1, 0.15) is 5.82 Å². The summed E-state index contributed by atoms with van der Waals surface area (Å²) in [6.45, 7) is 0.526. The van der Waals surface area contributed by atoms with Crippen LogP contribution in [-0.4, -0.2) is 43.9 Å². The van der Waals surface area contributed by atoms with Crippen LogP contribution in [0.3, 0.4) is 0 Å². The SMILES string of the molecule is O=C(c1ccccc1F)N1CCC(Nc2ccccc2S(=O)(=O)C(F)(F)F)CC1. The van der Waals surface area contributed by atoms with Crippen molar-refractivity contribution in [3.8, 4) is 0 Å². The fourth-order valence-corrected chi connectivity index (χ4v) is 4.12. The Labute approximate surface area is 165 Å². The topological polar surface area (TPSA) is 66.5 Å². The van der Waals surface area contributed by atoms with Crippen molar-refractivity contribution in [1.29, 1.82) is 0 Å². The molecular weight excluding hydrogens is 412 g/mol. The number of para-hydroxylation sites is 1. The first kappa shape index (κ1) is 21.1. The minimum atomic E-state index is -5.49. The Kier molecular flexibility index (Phi) is 5.83. The number of carbonyl (C=O) groups excluding carboxylic acids is 1. The maximum Gasteiger partial charge on any atom is 0.501 e. The van der Waals surface area contributed by atoms with Gasteiger partial charge in [-0.1, -0.05) is 24.3 Å². The number of carbonyl (C=O) groups is 1. The minimum absolute atomic E-state index is 0.0412. The van der Waals surface area contributed by atoms with Crippen LogP contribution in [0.2, 0.25) is 0 Å². The van der Waals surface area contributed by atoms with Gasteiger partial charge >= 0.3 is 5.51 Å². The molecule has 1 aliphatic rings. The number of nitrogens with zero attached hydrogens (tertiary/aromatic N) is 1. The molecule has 10 heteroatoms. The molecule has 3 rings (SSSR count). The molecular formula is C19H18F4N2O3S. The summed E-state index contributed by atoms with van der Waals surface area (Å²) in [5.41, 5.74) is -5.58. The van der Waals surface area contributed by atoms with Crippen LogP contribution < -0.4 is 5.32 Å². The lowest BCUT2D eigenvalue weighted by Crippen LogP contribution is -2.42.